The largest absolute Gasteiger partial charge is 0.467 e. The van der Waals surface area contributed by atoms with Gasteiger partial charge in [0.2, 0.25) is 0 Å². The maximum Gasteiger partial charge on any atom is 0.339 e. The fourth-order valence-electron chi connectivity index (χ4n) is 1.49. The van der Waals surface area contributed by atoms with Crippen molar-refractivity contribution in [2.24, 2.45) is 0 Å². The quantitative estimate of drug-likeness (QED) is 0.856. The van der Waals surface area contributed by atoms with Gasteiger partial charge in [0.1, 0.15) is 0 Å². The van der Waals surface area contributed by atoms with E-state index in [0.29, 0.717) is 10.8 Å². The van der Waals surface area contributed by atoms with Crippen molar-refractivity contribution in [3.05, 3.63) is 28.2 Å². The molecule has 1 aliphatic heterocycles. The highest BCUT2D eigenvalue weighted by Gasteiger charge is 2.22. The van der Waals surface area contributed by atoms with E-state index in [1.807, 2.05) is 6.07 Å². The first-order valence-electron chi connectivity index (χ1n) is 5.41. The van der Waals surface area contributed by atoms with Crippen molar-refractivity contribution in [2.75, 3.05) is 20.3 Å². The zero-order valence-corrected chi connectivity index (χ0v) is 12.2. The number of thioether (sulfide) groups is 1. The Balaban J connectivity index is 2.10. The Morgan fingerprint density at radius 1 is 1.61 bits per heavy atom. The number of halogens is 1. The summed E-state index contributed by atoms with van der Waals surface area (Å²) in [6.07, 6.45) is -1.24. The van der Waals surface area contributed by atoms with E-state index in [0.717, 1.165) is 22.6 Å². The van der Waals surface area contributed by atoms with Crippen LogP contribution in [0.3, 0.4) is 0 Å². The van der Waals surface area contributed by atoms with Crippen LogP contribution in [-0.2, 0) is 14.3 Å². The summed E-state index contributed by atoms with van der Waals surface area (Å²) < 4.78 is 10.5. The molecule has 0 amide bonds. The zero-order chi connectivity index (χ0) is 13.1. The number of carbonyl (C=O) groups excluding carboxylic acids is 1. The normalized spacial score (nSPS) is 17.1. The fraction of sp³-hybridized carbons (Fsp3) is 0.417. The van der Waals surface area contributed by atoms with Crippen LogP contribution in [0.4, 0.5) is 0 Å². The van der Waals surface area contributed by atoms with Gasteiger partial charge in [-0.3, -0.25) is 0 Å². The zero-order valence-electron chi connectivity index (χ0n) is 9.76. The van der Waals surface area contributed by atoms with E-state index < -0.39 is 12.1 Å². The number of esters is 1. The topological polar surface area (TPSA) is 55.8 Å². The molecular formula is C12H13BrO4S. The van der Waals surface area contributed by atoms with E-state index in [-0.39, 0.29) is 0 Å². The van der Waals surface area contributed by atoms with E-state index in [4.69, 9.17) is 4.74 Å². The molecule has 1 aromatic rings. The predicted molar refractivity (Wildman–Crippen MR) is 71.6 cm³/mol. The van der Waals surface area contributed by atoms with E-state index in [9.17, 15) is 9.90 Å². The molecule has 0 bridgehead atoms. The first kappa shape index (κ1) is 13.9. The van der Waals surface area contributed by atoms with Crippen LogP contribution >= 0.6 is 27.7 Å². The van der Waals surface area contributed by atoms with Gasteiger partial charge < -0.3 is 14.6 Å². The fourth-order valence-corrected chi connectivity index (χ4v) is 3.17. The third-order valence-electron chi connectivity index (χ3n) is 2.60. The van der Waals surface area contributed by atoms with Crippen molar-refractivity contribution in [1.29, 1.82) is 0 Å². The van der Waals surface area contributed by atoms with Gasteiger partial charge in [-0.15, -0.1) is 11.8 Å². The van der Waals surface area contributed by atoms with Crippen LogP contribution < -0.4 is 0 Å². The lowest BCUT2D eigenvalue weighted by atomic mass is 10.1. The summed E-state index contributed by atoms with van der Waals surface area (Å²) >= 11 is 5.17. The summed E-state index contributed by atoms with van der Waals surface area (Å²) in [5.41, 5.74) is 0.517. The molecule has 1 saturated heterocycles. The average molecular weight is 333 g/mol. The number of hydrogen-bond donors (Lipinski definition) is 1. The molecule has 4 nitrogen and oxygen atoms in total. The molecule has 1 fully saturated rings. The lowest BCUT2D eigenvalue weighted by Gasteiger charge is -2.25. The van der Waals surface area contributed by atoms with E-state index >= 15 is 0 Å². The Kier molecular flexibility index (Phi) is 4.66. The number of methoxy groups -OCH3 is 1. The van der Waals surface area contributed by atoms with Gasteiger partial charge in [0.15, 0.2) is 6.10 Å². The summed E-state index contributed by atoms with van der Waals surface area (Å²) in [6, 6.07) is 5.35. The molecule has 1 N–H and O–H groups in total. The maximum atomic E-state index is 11.2. The van der Waals surface area contributed by atoms with Crippen molar-refractivity contribution in [3.8, 4) is 0 Å². The lowest BCUT2D eigenvalue weighted by molar-refractivity contribution is -0.150. The number of benzene rings is 1. The molecule has 1 aliphatic rings. The summed E-state index contributed by atoms with van der Waals surface area (Å²) in [5, 5.41) is 10.2. The molecule has 0 radical (unpaired) electrons. The predicted octanol–water partition coefficient (Wildman–Crippen LogP) is 2.15. The molecule has 1 aromatic carbocycles. The molecule has 0 spiro atoms. The van der Waals surface area contributed by atoms with E-state index in [1.54, 1.807) is 23.9 Å². The number of rotatable bonds is 4. The summed E-state index contributed by atoms with van der Waals surface area (Å²) in [5.74, 6) is -0.658. The molecule has 18 heavy (non-hydrogen) atoms. The lowest BCUT2D eigenvalue weighted by Crippen LogP contribution is -2.30. The molecule has 0 aromatic heterocycles. The minimum atomic E-state index is -1.24. The van der Waals surface area contributed by atoms with Crippen molar-refractivity contribution in [3.63, 3.8) is 0 Å². The molecule has 1 unspecified atom stereocenters. The van der Waals surface area contributed by atoms with Crippen LogP contribution in [0, 0.1) is 0 Å². The van der Waals surface area contributed by atoms with Crippen molar-refractivity contribution in [1.82, 2.24) is 0 Å². The molecule has 0 aliphatic carbocycles. The first-order valence-corrected chi connectivity index (χ1v) is 7.09. The molecule has 2 rings (SSSR count). The van der Waals surface area contributed by atoms with E-state index in [2.05, 4.69) is 20.7 Å². The summed E-state index contributed by atoms with van der Waals surface area (Å²) in [6.45, 7) is 1.54. The van der Waals surface area contributed by atoms with Crippen molar-refractivity contribution >= 4 is 33.7 Å². The second kappa shape index (κ2) is 6.06. The molecule has 1 atom stereocenters. The van der Waals surface area contributed by atoms with Crippen LogP contribution in [0.2, 0.25) is 0 Å². The second-order valence-electron chi connectivity index (χ2n) is 3.89. The number of hydrogen-bond acceptors (Lipinski definition) is 5. The molecule has 1 heterocycles. The Bertz CT molecular complexity index is 448. The van der Waals surface area contributed by atoms with Crippen LogP contribution in [0.15, 0.2) is 27.6 Å². The molecule has 6 heteroatoms. The van der Waals surface area contributed by atoms with Gasteiger partial charge in [-0.2, -0.15) is 0 Å². The third-order valence-corrected chi connectivity index (χ3v) is 4.73. The molecule has 0 saturated carbocycles. The Morgan fingerprint density at radius 2 is 2.33 bits per heavy atom. The first-order chi connectivity index (χ1) is 8.61. The number of carbonyl (C=O) groups is 1. The van der Waals surface area contributed by atoms with Crippen LogP contribution in [0.1, 0.15) is 11.7 Å². The molecule has 98 valence electrons. The number of aliphatic hydroxyl groups is 1. The number of ether oxygens (including phenoxy) is 2. The Morgan fingerprint density at radius 3 is 2.83 bits per heavy atom. The van der Waals surface area contributed by atoms with E-state index in [1.165, 1.54) is 7.11 Å². The van der Waals surface area contributed by atoms with Gasteiger partial charge in [0.25, 0.3) is 0 Å². The monoisotopic (exact) mass is 332 g/mol. The second-order valence-corrected chi connectivity index (χ2v) is 6.09. The van der Waals surface area contributed by atoms with Gasteiger partial charge in [-0.05, 0) is 33.6 Å². The van der Waals surface area contributed by atoms with Gasteiger partial charge in [0, 0.05) is 9.37 Å². The van der Waals surface area contributed by atoms with Gasteiger partial charge >= 0.3 is 5.97 Å². The van der Waals surface area contributed by atoms with Crippen molar-refractivity contribution < 1.29 is 19.4 Å². The summed E-state index contributed by atoms with van der Waals surface area (Å²) in [4.78, 5) is 12.3. The average Bonchev–Trinajstić information content (AvgIpc) is 2.33. The van der Waals surface area contributed by atoms with Gasteiger partial charge in [-0.25, -0.2) is 4.79 Å². The minimum Gasteiger partial charge on any atom is -0.467 e. The van der Waals surface area contributed by atoms with Gasteiger partial charge in [0.05, 0.1) is 25.6 Å². The standard InChI is InChI=1S/C12H13BrO4S/c1-16-12(15)11(14)7-2-3-10(9(13)4-7)18-8-5-17-6-8/h2-4,8,11,14H,5-6H2,1H3. The Hall–Kier alpha value is -0.560. The van der Waals surface area contributed by atoms with Gasteiger partial charge in [-0.1, -0.05) is 6.07 Å². The van der Waals surface area contributed by atoms with Crippen LogP contribution in [-0.4, -0.2) is 36.6 Å². The Labute approximate surface area is 118 Å². The molecular weight excluding hydrogens is 320 g/mol. The minimum absolute atomic E-state index is 0.484. The third kappa shape index (κ3) is 3.06. The van der Waals surface area contributed by atoms with Crippen LogP contribution in [0.5, 0.6) is 0 Å². The maximum absolute atomic E-state index is 11.2. The SMILES string of the molecule is COC(=O)C(O)c1ccc(SC2COC2)c(Br)c1. The van der Waals surface area contributed by atoms with Crippen molar-refractivity contribution in [2.45, 2.75) is 16.2 Å². The smallest absolute Gasteiger partial charge is 0.339 e. The number of aliphatic hydroxyl groups excluding tert-OH is 1. The highest BCUT2D eigenvalue weighted by Crippen LogP contribution is 2.35. The van der Waals surface area contributed by atoms with Crippen LogP contribution in [0.25, 0.3) is 0 Å². The highest BCUT2D eigenvalue weighted by atomic mass is 79.9. The highest BCUT2D eigenvalue weighted by molar-refractivity contribution is 9.10. The summed E-state index contributed by atoms with van der Waals surface area (Å²) in [7, 11) is 1.25.